The van der Waals surface area contributed by atoms with Gasteiger partial charge in [-0.25, -0.2) is 4.98 Å². The zero-order chi connectivity index (χ0) is 13.8. The Morgan fingerprint density at radius 1 is 1.53 bits per heavy atom. The predicted molar refractivity (Wildman–Crippen MR) is 84.6 cm³/mol. The van der Waals surface area contributed by atoms with Crippen LogP contribution >= 0.6 is 15.9 Å². The van der Waals surface area contributed by atoms with E-state index in [-0.39, 0.29) is 0 Å². The van der Waals surface area contributed by atoms with E-state index >= 15 is 0 Å². The van der Waals surface area contributed by atoms with Crippen LogP contribution in [0.5, 0.6) is 0 Å². The van der Waals surface area contributed by atoms with Crippen LogP contribution in [0.3, 0.4) is 0 Å². The molecule has 2 atom stereocenters. The number of rotatable bonds is 4. The van der Waals surface area contributed by atoms with Gasteiger partial charge in [-0.2, -0.15) is 0 Å². The molecule has 0 spiro atoms. The summed E-state index contributed by atoms with van der Waals surface area (Å²) in [5.74, 6) is 0.733. The Bertz CT molecular complexity index is 422. The molecular weight excluding hydrogens is 302 g/mol. The van der Waals surface area contributed by atoms with Gasteiger partial charge in [0.1, 0.15) is 4.60 Å². The molecule has 2 unspecified atom stereocenters. The first kappa shape index (κ1) is 14.8. The molecule has 106 valence electrons. The summed E-state index contributed by atoms with van der Waals surface area (Å²) in [5.41, 5.74) is 2.22. The summed E-state index contributed by atoms with van der Waals surface area (Å²) in [6.45, 7) is 10.3. The Balaban J connectivity index is 1.98. The lowest BCUT2D eigenvalue weighted by atomic mass is 9.91. The molecule has 1 aliphatic rings. The van der Waals surface area contributed by atoms with E-state index in [0.29, 0.717) is 6.04 Å². The molecule has 1 aromatic heterocycles. The first-order chi connectivity index (χ1) is 9.10. The van der Waals surface area contributed by atoms with Crippen LogP contribution in [0.15, 0.2) is 16.7 Å². The molecule has 1 aliphatic heterocycles. The summed E-state index contributed by atoms with van der Waals surface area (Å²) < 4.78 is 0.901. The normalized spacial score (nSPS) is 22.2. The van der Waals surface area contributed by atoms with Gasteiger partial charge in [0.15, 0.2) is 0 Å². The van der Waals surface area contributed by atoms with Crippen molar-refractivity contribution in [2.24, 2.45) is 5.92 Å². The standard InChI is InChI=1S/C15H24BrN3/c1-4-19-9-5-6-13(10-19)11(2)17-14-7-8-15(16)18-12(14)3/h7-8,11,13,17H,4-6,9-10H2,1-3H3. The maximum absolute atomic E-state index is 4.45. The van der Waals surface area contributed by atoms with Crippen molar-refractivity contribution < 1.29 is 0 Å². The fourth-order valence-electron chi connectivity index (χ4n) is 2.83. The average molecular weight is 326 g/mol. The number of halogens is 1. The van der Waals surface area contributed by atoms with Crippen LogP contribution in [0.25, 0.3) is 0 Å². The molecule has 0 saturated carbocycles. The molecule has 0 aromatic carbocycles. The lowest BCUT2D eigenvalue weighted by Gasteiger charge is -2.35. The minimum absolute atomic E-state index is 0.496. The molecule has 0 aliphatic carbocycles. The molecule has 2 rings (SSSR count). The minimum Gasteiger partial charge on any atom is -0.381 e. The van der Waals surface area contributed by atoms with Crippen molar-refractivity contribution in [2.45, 2.75) is 39.7 Å². The van der Waals surface area contributed by atoms with Crippen LogP contribution in [0.2, 0.25) is 0 Å². The third-order valence-electron chi connectivity index (χ3n) is 4.13. The number of hydrogen-bond donors (Lipinski definition) is 1. The predicted octanol–water partition coefficient (Wildman–Crippen LogP) is 3.68. The summed E-state index contributed by atoms with van der Waals surface area (Å²) in [6.07, 6.45) is 2.65. The van der Waals surface area contributed by atoms with Gasteiger partial charge in [0.25, 0.3) is 0 Å². The Morgan fingerprint density at radius 3 is 3.00 bits per heavy atom. The highest BCUT2D eigenvalue weighted by Crippen LogP contribution is 2.24. The van der Waals surface area contributed by atoms with Crippen molar-refractivity contribution in [3.63, 3.8) is 0 Å². The topological polar surface area (TPSA) is 28.2 Å². The number of likely N-dealkylation sites (tertiary alicyclic amines) is 1. The lowest BCUT2D eigenvalue weighted by Crippen LogP contribution is -2.41. The first-order valence-electron chi connectivity index (χ1n) is 7.22. The smallest absolute Gasteiger partial charge is 0.106 e. The summed E-state index contributed by atoms with van der Waals surface area (Å²) in [6, 6.07) is 4.61. The van der Waals surface area contributed by atoms with Crippen molar-refractivity contribution in [2.75, 3.05) is 25.0 Å². The number of nitrogens with one attached hydrogen (secondary N) is 1. The van der Waals surface area contributed by atoms with Crippen LogP contribution < -0.4 is 5.32 Å². The molecule has 4 heteroatoms. The maximum atomic E-state index is 4.45. The SMILES string of the molecule is CCN1CCCC(C(C)Nc2ccc(Br)nc2C)C1. The van der Waals surface area contributed by atoms with Crippen LogP contribution in [-0.2, 0) is 0 Å². The number of aryl methyl sites for hydroxylation is 1. The maximum Gasteiger partial charge on any atom is 0.106 e. The second-order valence-corrected chi connectivity index (χ2v) is 6.31. The molecular formula is C15H24BrN3. The van der Waals surface area contributed by atoms with Gasteiger partial charge < -0.3 is 10.2 Å². The second-order valence-electron chi connectivity index (χ2n) is 5.50. The van der Waals surface area contributed by atoms with Gasteiger partial charge >= 0.3 is 0 Å². The summed E-state index contributed by atoms with van der Waals surface area (Å²) in [5, 5.41) is 3.64. The highest BCUT2D eigenvalue weighted by molar-refractivity contribution is 9.10. The van der Waals surface area contributed by atoms with E-state index in [1.54, 1.807) is 0 Å². The molecule has 2 heterocycles. The molecule has 1 N–H and O–H groups in total. The van der Waals surface area contributed by atoms with E-state index in [1.807, 2.05) is 6.07 Å². The van der Waals surface area contributed by atoms with E-state index in [2.05, 4.69) is 58.0 Å². The summed E-state index contributed by atoms with van der Waals surface area (Å²) in [7, 11) is 0. The Labute approximate surface area is 124 Å². The second kappa shape index (κ2) is 6.71. The third-order valence-corrected chi connectivity index (χ3v) is 4.57. The molecule has 1 fully saturated rings. The van der Waals surface area contributed by atoms with Crippen molar-refractivity contribution in [3.8, 4) is 0 Å². The Hall–Kier alpha value is -0.610. The van der Waals surface area contributed by atoms with Crippen molar-refractivity contribution in [3.05, 3.63) is 22.4 Å². The Morgan fingerprint density at radius 2 is 2.32 bits per heavy atom. The fourth-order valence-corrected chi connectivity index (χ4v) is 3.23. The van der Waals surface area contributed by atoms with Crippen molar-refractivity contribution >= 4 is 21.6 Å². The molecule has 3 nitrogen and oxygen atoms in total. The van der Waals surface area contributed by atoms with E-state index in [9.17, 15) is 0 Å². The molecule has 1 saturated heterocycles. The highest BCUT2D eigenvalue weighted by atomic mass is 79.9. The van der Waals surface area contributed by atoms with E-state index in [0.717, 1.165) is 21.9 Å². The summed E-state index contributed by atoms with van der Waals surface area (Å²) >= 11 is 3.41. The molecule has 19 heavy (non-hydrogen) atoms. The average Bonchev–Trinajstić information content (AvgIpc) is 2.42. The monoisotopic (exact) mass is 325 g/mol. The van der Waals surface area contributed by atoms with Gasteiger partial charge in [0, 0.05) is 12.6 Å². The van der Waals surface area contributed by atoms with Crippen molar-refractivity contribution in [1.82, 2.24) is 9.88 Å². The minimum atomic E-state index is 0.496. The van der Waals surface area contributed by atoms with Gasteiger partial charge in [-0.3, -0.25) is 0 Å². The van der Waals surface area contributed by atoms with Crippen LogP contribution in [0.1, 0.15) is 32.4 Å². The van der Waals surface area contributed by atoms with Gasteiger partial charge in [0.2, 0.25) is 0 Å². The highest BCUT2D eigenvalue weighted by Gasteiger charge is 2.24. The lowest BCUT2D eigenvalue weighted by molar-refractivity contribution is 0.172. The fraction of sp³-hybridized carbons (Fsp3) is 0.667. The van der Waals surface area contributed by atoms with E-state index < -0.39 is 0 Å². The molecule has 0 bridgehead atoms. The molecule has 0 radical (unpaired) electrons. The van der Waals surface area contributed by atoms with Gasteiger partial charge in [-0.1, -0.05) is 6.92 Å². The number of pyridine rings is 1. The third kappa shape index (κ3) is 3.93. The van der Waals surface area contributed by atoms with Gasteiger partial charge in [-0.05, 0) is 73.8 Å². The molecule has 0 amide bonds. The zero-order valence-electron chi connectivity index (χ0n) is 12.1. The van der Waals surface area contributed by atoms with Crippen LogP contribution in [0, 0.1) is 12.8 Å². The van der Waals surface area contributed by atoms with Crippen LogP contribution in [-0.4, -0.2) is 35.6 Å². The number of aromatic nitrogens is 1. The molecule has 1 aromatic rings. The van der Waals surface area contributed by atoms with Gasteiger partial charge in [-0.15, -0.1) is 0 Å². The quantitative estimate of drug-likeness (QED) is 0.856. The van der Waals surface area contributed by atoms with Crippen LogP contribution in [0.4, 0.5) is 5.69 Å². The van der Waals surface area contributed by atoms with E-state index in [4.69, 9.17) is 0 Å². The van der Waals surface area contributed by atoms with Crippen molar-refractivity contribution in [1.29, 1.82) is 0 Å². The van der Waals surface area contributed by atoms with Gasteiger partial charge in [0.05, 0.1) is 11.4 Å². The first-order valence-corrected chi connectivity index (χ1v) is 8.01. The van der Waals surface area contributed by atoms with E-state index in [1.165, 1.54) is 32.5 Å². The summed E-state index contributed by atoms with van der Waals surface area (Å²) in [4.78, 5) is 7.00. The number of nitrogens with zero attached hydrogens (tertiary/aromatic N) is 2. The number of piperidine rings is 1. The Kier molecular flexibility index (Phi) is 5.22. The number of anilines is 1. The zero-order valence-corrected chi connectivity index (χ0v) is 13.7. The largest absolute Gasteiger partial charge is 0.381 e. The number of hydrogen-bond acceptors (Lipinski definition) is 3.